The summed E-state index contributed by atoms with van der Waals surface area (Å²) in [5, 5.41) is 9.54. The fourth-order valence-electron chi connectivity index (χ4n) is 3.48. The zero-order valence-corrected chi connectivity index (χ0v) is 19.5. The van der Waals surface area contributed by atoms with Gasteiger partial charge in [0, 0.05) is 44.8 Å². The quantitative estimate of drug-likeness (QED) is 0.542. The van der Waals surface area contributed by atoms with Crippen LogP contribution < -0.4 is 16.0 Å². The van der Waals surface area contributed by atoms with Gasteiger partial charge in [-0.3, -0.25) is 9.69 Å². The summed E-state index contributed by atoms with van der Waals surface area (Å²) in [5.41, 5.74) is 2.51. The SMILES string of the molecule is CCNC(=O)c1cccc(CNC(=O)NC[C@H]2CN(Cc3ccc(Cl)c(Cl)c3)CCO2)c1. The van der Waals surface area contributed by atoms with E-state index in [2.05, 4.69) is 20.9 Å². The van der Waals surface area contributed by atoms with Crippen LogP contribution in [0.3, 0.4) is 0 Å². The molecule has 3 amide bonds. The largest absolute Gasteiger partial charge is 0.374 e. The van der Waals surface area contributed by atoms with Gasteiger partial charge in [-0.15, -0.1) is 0 Å². The maximum Gasteiger partial charge on any atom is 0.315 e. The number of hydrogen-bond acceptors (Lipinski definition) is 4. The molecule has 1 fully saturated rings. The summed E-state index contributed by atoms with van der Waals surface area (Å²) >= 11 is 12.1. The molecule has 0 aromatic heterocycles. The van der Waals surface area contributed by atoms with Crippen LogP contribution in [0.2, 0.25) is 10.0 Å². The number of morpholine rings is 1. The number of nitrogens with one attached hydrogen (secondary N) is 3. The molecule has 1 atom stereocenters. The summed E-state index contributed by atoms with van der Waals surface area (Å²) in [6.45, 7) is 6.03. The van der Waals surface area contributed by atoms with E-state index in [0.717, 1.165) is 24.2 Å². The van der Waals surface area contributed by atoms with E-state index in [1.165, 1.54) is 0 Å². The molecule has 9 heteroatoms. The molecule has 3 rings (SSSR count). The fraction of sp³-hybridized carbons (Fsp3) is 0.391. The number of benzene rings is 2. The lowest BCUT2D eigenvalue weighted by molar-refractivity contribution is -0.0287. The molecule has 0 unspecified atom stereocenters. The monoisotopic (exact) mass is 478 g/mol. The van der Waals surface area contributed by atoms with Crippen molar-refractivity contribution in [3.8, 4) is 0 Å². The number of nitrogens with zero attached hydrogens (tertiary/aromatic N) is 1. The summed E-state index contributed by atoms with van der Waals surface area (Å²) in [5.74, 6) is -0.126. The first kappa shape index (κ1) is 24.3. The Morgan fingerprint density at radius 1 is 1.06 bits per heavy atom. The summed E-state index contributed by atoms with van der Waals surface area (Å²) in [6.07, 6.45) is -0.0988. The summed E-state index contributed by atoms with van der Waals surface area (Å²) in [4.78, 5) is 26.4. The molecule has 0 saturated carbocycles. The van der Waals surface area contributed by atoms with Gasteiger partial charge in [-0.1, -0.05) is 41.4 Å². The second-order valence-corrected chi connectivity index (χ2v) is 8.41. The van der Waals surface area contributed by atoms with E-state index in [1.807, 2.05) is 25.1 Å². The zero-order valence-electron chi connectivity index (χ0n) is 18.0. The van der Waals surface area contributed by atoms with E-state index >= 15 is 0 Å². The van der Waals surface area contributed by atoms with E-state index in [0.29, 0.717) is 48.4 Å². The van der Waals surface area contributed by atoms with Gasteiger partial charge in [-0.25, -0.2) is 4.79 Å². The Morgan fingerprint density at radius 3 is 2.69 bits per heavy atom. The highest BCUT2D eigenvalue weighted by atomic mass is 35.5. The van der Waals surface area contributed by atoms with Gasteiger partial charge in [0.15, 0.2) is 0 Å². The zero-order chi connectivity index (χ0) is 22.9. The molecular weight excluding hydrogens is 451 g/mol. The average Bonchev–Trinajstić information content (AvgIpc) is 2.79. The Morgan fingerprint density at radius 2 is 1.91 bits per heavy atom. The smallest absolute Gasteiger partial charge is 0.315 e. The van der Waals surface area contributed by atoms with Crippen LogP contribution in [0.4, 0.5) is 4.79 Å². The third kappa shape index (κ3) is 7.38. The number of carbonyl (C=O) groups excluding carboxylic acids is 2. The molecule has 1 heterocycles. The van der Waals surface area contributed by atoms with Crippen LogP contribution in [-0.2, 0) is 17.8 Å². The van der Waals surface area contributed by atoms with Gasteiger partial charge in [-0.2, -0.15) is 0 Å². The maximum atomic E-state index is 12.2. The molecule has 172 valence electrons. The van der Waals surface area contributed by atoms with E-state index in [-0.39, 0.29) is 18.0 Å². The number of urea groups is 1. The first-order valence-corrected chi connectivity index (χ1v) is 11.4. The third-order valence-corrected chi connectivity index (χ3v) is 5.82. The molecule has 2 aromatic rings. The molecular formula is C23H28Cl2N4O3. The van der Waals surface area contributed by atoms with E-state index < -0.39 is 0 Å². The molecule has 1 aliphatic heterocycles. The molecule has 1 saturated heterocycles. The van der Waals surface area contributed by atoms with Gasteiger partial charge in [-0.05, 0) is 42.3 Å². The predicted octanol–water partition coefficient (Wildman–Crippen LogP) is 3.44. The van der Waals surface area contributed by atoms with Crippen molar-refractivity contribution in [2.75, 3.05) is 32.8 Å². The number of hydrogen-bond donors (Lipinski definition) is 3. The van der Waals surface area contributed by atoms with Crippen LogP contribution in [0.1, 0.15) is 28.4 Å². The van der Waals surface area contributed by atoms with Crippen molar-refractivity contribution in [1.29, 1.82) is 0 Å². The van der Waals surface area contributed by atoms with Gasteiger partial charge in [0.1, 0.15) is 0 Å². The van der Waals surface area contributed by atoms with Crippen LogP contribution in [0.25, 0.3) is 0 Å². The Bertz CT molecular complexity index is 941. The molecule has 7 nitrogen and oxygen atoms in total. The van der Waals surface area contributed by atoms with Gasteiger partial charge in [0.2, 0.25) is 0 Å². The van der Waals surface area contributed by atoms with Gasteiger partial charge in [0.05, 0.1) is 22.8 Å². The van der Waals surface area contributed by atoms with Gasteiger partial charge < -0.3 is 20.7 Å². The highest BCUT2D eigenvalue weighted by molar-refractivity contribution is 6.42. The molecule has 0 aliphatic carbocycles. The molecule has 1 aliphatic rings. The fourth-order valence-corrected chi connectivity index (χ4v) is 3.80. The second kappa shape index (κ2) is 12.1. The molecule has 0 radical (unpaired) electrons. The number of carbonyl (C=O) groups is 2. The molecule has 0 bridgehead atoms. The second-order valence-electron chi connectivity index (χ2n) is 7.60. The number of amides is 3. The number of halogens is 2. The molecule has 32 heavy (non-hydrogen) atoms. The molecule has 2 aromatic carbocycles. The first-order valence-electron chi connectivity index (χ1n) is 10.6. The van der Waals surface area contributed by atoms with Crippen LogP contribution in [0, 0.1) is 0 Å². The van der Waals surface area contributed by atoms with Crippen LogP contribution in [0.5, 0.6) is 0 Å². The van der Waals surface area contributed by atoms with Gasteiger partial charge in [0.25, 0.3) is 5.91 Å². The van der Waals surface area contributed by atoms with E-state index in [1.54, 1.807) is 24.3 Å². The Hall–Kier alpha value is -2.32. The van der Waals surface area contributed by atoms with Crippen molar-refractivity contribution in [2.45, 2.75) is 26.1 Å². The predicted molar refractivity (Wildman–Crippen MR) is 126 cm³/mol. The molecule has 3 N–H and O–H groups in total. The number of ether oxygens (including phenoxy) is 1. The number of rotatable bonds is 8. The minimum absolute atomic E-state index is 0.0988. The normalized spacial score (nSPS) is 16.4. The van der Waals surface area contributed by atoms with E-state index in [9.17, 15) is 9.59 Å². The Kier molecular flexibility index (Phi) is 9.17. The van der Waals surface area contributed by atoms with Crippen molar-refractivity contribution in [3.05, 3.63) is 69.2 Å². The maximum absolute atomic E-state index is 12.2. The van der Waals surface area contributed by atoms with Crippen LogP contribution in [0.15, 0.2) is 42.5 Å². The van der Waals surface area contributed by atoms with Crippen LogP contribution >= 0.6 is 23.2 Å². The first-order chi connectivity index (χ1) is 15.4. The average molecular weight is 479 g/mol. The minimum atomic E-state index is -0.279. The lowest BCUT2D eigenvalue weighted by Gasteiger charge is -2.33. The van der Waals surface area contributed by atoms with Crippen molar-refractivity contribution in [2.24, 2.45) is 0 Å². The van der Waals surface area contributed by atoms with Crippen molar-refractivity contribution in [1.82, 2.24) is 20.9 Å². The molecule has 0 spiro atoms. The van der Waals surface area contributed by atoms with Gasteiger partial charge >= 0.3 is 6.03 Å². The van der Waals surface area contributed by atoms with Crippen LogP contribution in [-0.4, -0.2) is 55.7 Å². The van der Waals surface area contributed by atoms with Crippen molar-refractivity contribution < 1.29 is 14.3 Å². The van der Waals surface area contributed by atoms with Crippen molar-refractivity contribution >= 4 is 35.1 Å². The van der Waals surface area contributed by atoms with Crippen molar-refractivity contribution in [3.63, 3.8) is 0 Å². The Labute approximate surface area is 198 Å². The Balaban J connectivity index is 1.42. The highest BCUT2D eigenvalue weighted by Gasteiger charge is 2.21. The summed E-state index contributed by atoms with van der Waals surface area (Å²) in [7, 11) is 0. The third-order valence-electron chi connectivity index (χ3n) is 5.08. The minimum Gasteiger partial charge on any atom is -0.374 e. The highest BCUT2D eigenvalue weighted by Crippen LogP contribution is 2.23. The summed E-state index contributed by atoms with van der Waals surface area (Å²) < 4.78 is 5.79. The van der Waals surface area contributed by atoms with E-state index in [4.69, 9.17) is 27.9 Å². The lowest BCUT2D eigenvalue weighted by Crippen LogP contribution is -2.48. The summed E-state index contributed by atoms with van der Waals surface area (Å²) in [6, 6.07) is 12.6. The topological polar surface area (TPSA) is 82.7 Å². The standard InChI is InChI=1S/C23H28Cl2N4O3/c1-2-26-22(30)18-5-3-4-16(10-18)12-27-23(31)28-13-19-15-29(8-9-32-19)14-17-6-7-20(24)21(25)11-17/h3-7,10-11,19H,2,8-9,12-15H2,1H3,(H,26,30)(H2,27,28,31)/t19-/m0/s1. The lowest BCUT2D eigenvalue weighted by atomic mass is 10.1.